The molecule has 0 aliphatic rings. The van der Waals surface area contributed by atoms with Crippen LogP contribution >= 0.6 is 11.6 Å². The highest BCUT2D eigenvalue weighted by atomic mass is 35.5. The van der Waals surface area contributed by atoms with Gasteiger partial charge in [0.05, 0.1) is 12.4 Å². The second-order valence-corrected chi connectivity index (χ2v) is 6.65. The molecule has 0 radical (unpaired) electrons. The number of rotatable bonds is 6. The van der Waals surface area contributed by atoms with E-state index in [0.29, 0.717) is 18.0 Å². The Balaban J connectivity index is 1.65. The minimum atomic E-state index is -0.482. The topological polar surface area (TPSA) is 79.4 Å². The van der Waals surface area contributed by atoms with Gasteiger partial charge in [-0.15, -0.1) is 0 Å². The van der Waals surface area contributed by atoms with E-state index in [-0.39, 0.29) is 5.02 Å². The molecule has 7 heteroatoms. The molecule has 0 amide bonds. The maximum absolute atomic E-state index is 11.6. The third-order valence-corrected chi connectivity index (χ3v) is 4.72. The lowest BCUT2D eigenvalue weighted by atomic mass is 10.0. The molecule has 0 atom stereocenters. The summed E-state index contributed by atoms with van der Waals surface area (Å²) in [6.45, 7) is 0.442. The number of anilines is 1. The first kappa shape index (κ1) is 18.7. The summed E-state index contributed by atoms with van der Waals surface area (Å²) in [5.41, 5.74) is 4.50. The summed E-state index contributed by atoms with van der Waals surface area (Å²) >= 11 is 5.97. The first-order valence-corrected chi connectivity index (χ1v) is 9.31. The van der Waals surface area contributed by atoms with Gasteiger partial charge < -0.3 is 4.74 Å². The molecule has 1 aromatic heterocycles. The van der Waals surface area contributed by atoms with E-state index >= 15 is 0 Å². The van der Waals surface area contributed by atoms with Crippen molar-refractivity contribution in [2.75, 3.05) is 5.43 Å². The zero-order chi connectivity index (χ0) is 20.1. The number of ether oxygens (including phenoxy) is 1. The molecule has 4 rings (SSSR count). The third-order valence-electron chi connectivity index (χ3n) is 4.34. The van der Waals surface area contributed by atoms with Gasteiger partial charge in [0.15, 0.2) is 0 Å². The first-order chi connectivity index (χ1) is 14.2. The first-order valence-electron chi connectivity index (χ1n) is 8.93. The van der Waals surface area contributed by atoms with Gasteiger partial charge >= 0.3 is 0 Å². The van der Waals surface area contributed by atoms with E-state index in [1.165, 1.54) is 6.20 Å². The van der Waals surface area contributed by atoms with Crippen LogP contribution in [-0.4, -0.2) is 16.4 Å². The monoisotopic (exact) mass is 404 g/mol. The summed E-state index contributed by atoms with van der Waals surface area (Å²) in [6, 6.07) is 21.9. The van der Waals surface area contributed by atoms with Crippen LogP contribution in [0.2, 0.25) is 5.02 Å². The molecule has 0 aliphatic carbocycles. The number of nitrogens with zero attached hydrogens (tertiary/aromatic N) is 2. The summed E-state index contributed by atoms with van der Waals surface area (Å²) < 4.78 is 6.06. The molecule has 0 aliphatic heterocycles. The fraction of sp³-hybridized carbons (Fsp3) is 0.0455. The molecule has 1 heterocycles. The number of hydrogen-bond donors (Lipinski definition) is 2. The molecule has 29 heavy (non-hydrogen) atoms. The maximum Gasteiger partial charge on any atom is 0.285 e. The predicted molar refractivity (Wildman–Crippen MR) is 116 cm³/mol. The number of halogens is 1. The molecule has 3 aromatic carbocycles. The van der Waals surface area contributed by atoms with Crippen LogP contribution in [0.4, 0.5) is 5.69 Å². The Kier molecular flexibility index (Phi) is 5.54. The highest BCUT2D eigenvalue weighted by Crippen LogP contribution is 2.27. The van der Waals surface area contributed by atoms with Gasteiger partial charge in [-0.1, -0.05) is 72.3 Å². The van der Waals surface area contributed by atoms with Gasteiger partial charge in [-0.3, -0.25) is 10.2 Å². The Bertz CT molecular complexity index is 1220. The van der Waals surface area contributed by atoms with E-state index in [1.807, 2.05) is 66.7 Å². The fourth-order valence-electron chi connectivity index (χ4n) is 2.90. The van der Waals surface area contributed by atoms with E-state index in [9.17, 15) is 4.79 Å². The normalized spacial score (nSPS) is 11.1. The molecule has 0 fully saturated rings. The molecule has 2 N–H and O–H groups in total. The number of aromatic amines is 1. The third kappa shape index (κ3) is 4.28. The number of fused-ring (bicyclic) bond motifs is 1. The Morgan fingerprint density at radius 3 is 2.72 bits per heavy atom. The summed E-state index contributed by atoms with van der Waals surface area (Å²) in [5, 5.41) is 12.3. The van der Waals surface area contributed by atoms with Crippen molar-refractivity contribution >= 4 is 34.3 Å². The van der Waals surface area contributed by atoms with Crippen LogP contribution in [0.25, 0.3) is 10.8 Å². The van der Waals surface area contributed by atoms with Gasteiger partial charge in [-0.05, 0) is 22.4 Å². The van der Waals surface area contributed by atoms with Gasteiger partial charge in [-0.2, -0.15) is 10.2 Å². The Labute approximate surface area is 171 Å². The SMILES string of the molecule is O=c1[nH]ncc(N/N=C/c2c(OCc3ccccc3)ccc3ccccc23)c1Cl. The van der Waals surface area contributed by atoms with Crippen molar-refractivity contribution in [2.24, 2.45) is 5.10 Å². The number of hydrazone groups is 1. The summed E-state index contributed by atoms with van der Waals surface area (Å²) in [6.07, 6.45) is 3.05. The lowest BCUT2D eigenvalue weighted by Crippen LogP contribution is -2.10. The molecule has 0 bridgehead atoms. The molecule has 0 unspecified atom stereocenters. The molecule has 0 saturated heterocycles. The van der Waals surface area contributed by atoms with Crippen molar-refractivity contribution in [1.29, 1.82) is 0 Å². The van der Waals surface area contributed by atoms with Crippen molar-refractivity contribution in [3.8, 4) is 5.75 Å². The Morgan fingerprint density at radius 1 is 1.07 bits per heavy atom. The van der Waals surface area contributed by atoms with E-state index in [2.05, 4.69) is 20.7 Å². The lowest BCUT2D eigenvalue weighted by Gasteiger charge is -2.12. The maximum atomic E-state index is 11.6. The highest BCUT2D eigenvalue weighted by Gasteiger charge is 2.08. The second-order valence-electron chi connectivity index (χ2n) is 6.27. The molecular formula is C22H17ClN4O2. The van der Waals surface area contributed by atoms with Crippen LogP contribution in [-0.2, 0) is 6.61 Å². The average molecular weight is 405 g/mol. The molecule has 0 spiro atoms. The van der Waals surface area contributed by atoms with Gasteiger partial charge in [0.2, 0.25) is 0 Å². The van der Waals surface area contributed by atoms with E-state index in [0.717, 1.165) is 21.9 Å². The molecule has 144 valence electrons. The molecule has 6 nitrogen and oxygen atoms in total. The largest absolute Gasteiger partial charge is 0.488 e. The zero-order valence-electron chi connectivity index (χ0n) is 15.3. The highest BCUT2D eigenvalue weighted by molar-refractivity contribution is 6.32. The van der Waals surface area contributed by atoms with Crippen molar-refractivity contribution in [3.63, 3.8) is 0 Å². The second kappa shape index (κ2) is 8.58. The smallest absolute Gasteiger partial charge is 0.285 e. The van der Waals surface area contributed by atoms with E-state index in [1.54, 1.807) is 6.21 Å². The Morgan fingerprint density at radius 2 is 1.86 bits per heavy atom. The predicted octanol–water partition coefficient (Wildman–Crippen LogP) is 4.60. The van der Waals surface area contributed by atoms with Gasteiger partial charge in [0.25, 0.3) is 5.56 Å². The van der Waals surface area contributed by atoms with Crippen molar-refractivity contribution < 1.29 is 4.74 Å². The van der Waals surface area contributed by atoms with Gasteiger partial charge in [0, 0.05) is 5.56 Å². The van der Waals surface area contributed by atoms with Crippen LogP contribution in [0.1, 0.15) is 11.1 Å². The summed E-state index contributed by atoms with van der Waals surface area (Å²) in [7, 11) is 0. The lowest BCUT2D eigenvalue weighted by molar-refractivity contribution is 0.306. The minimum absolute atomic E-state index is 0.00405. The van der Waals surface area contributed by atoms with Crippen LogP contribution in [0.3, 0.4) is 0 Å². The molecule has 0 saturated carbocycles. The van der Waals surface area contributed by atoms with Crippen molar-refractivity contribution in [1.82, 2.24) is 10.2 Å². The number of nitrogens with one attached hydrogen (secondary N) is 2. The average Bonchev–Trinajstić information content (AvgIpc) is 2.76. The van der Waals surface area contributed by atoms with Crippen LogP contribution in [0.15, 0.2) is 82.8 Å². The quantitative estimate of drug-likeness (QED) is 0.363. The molecule has 4 aromatic rings. The van der Waals surface area contributed by atoms with Crippen molar-refractivity contribution in [3.05, 3.63) is 99.4 Å². The van der Waals surface area contributed by atoms with Gasteiger partial charge in [-0.25, -0.2) is 5.10 Å². The van der Waals surface area contributed by atoms with E-state index in [4.69, 9.17) is 16.3 Å². The molecular weight excluding hydrogens is 388 g/mol. The number of aromatic nitrogens is 2. The number of hydrogen-bond acceptors (Lipinski definition) is 5. The summed E-state index contributed by atoms with van der Waals surface area (Å²) in [4.78, 5) is 11.6. The van der Waals surface area contributed by atoms with Crippen LogP contribution in [0, 0.1) is 0 Å². The Hall–Kier alpha value is -3.64. The van der Waals surface area contributed by atoms with Crippen LogP contribution in [0.5, 0.6) is 5.75 Å². The van der Waals surface area contributed by atoms with E-state index < -0.39 is 5.56 Å². The van der Waals surface area contributed by atoms with Gasteiger partial charge in [0.1, 0.15) is 23.1 Å². The van der Waals surface area contributed by atoms with Crippen LogP contribution < -0.4 is 15.7 Å². The summed E-state index contributed by atoms with van der Waals surface area (Å²) in [5.74, 6) is 0.702. The number of H-pyrrole nitrogens is 1. The number of benzene rings is 3. The fourth-order valence-corrected chi connectivity index (χ4v) is 3.03. The van der Waals surface area contributed by atoms with Crippen molar-refractivity contribution in [2.45, 2.75) is 6.61 Å². The standard InChI is InChI=1S/C22H17ClN4O2/c23-21-19(13-25-27-22(21)28)26-24-12-18-17-9-5-4-8-16(17)10-11-20(18)29-14-15-6-2-1-3-7-15/h1-13H,14H2,(H2,26,27,28)/b24-12+. The zero-order valence-corrected chi connectivity index (χ0v) is 16.1. The minimum Gasteiger partial charge on any atom is -0.488 e.